The molecule has 130 valence electrons. The Bertz CT molecular complexity index is 791. The number of hydrogen-bond donors (Lipinski definition) is 1. The van der Waals surface area contributed by atoms with Crippen LogP contribution in [0.5, 0.6) is 0 Å². The van der Waals surface area contributed by atoms with Gasteiger partial charge in [0.1, 0.15) is 0 Å². The van der Waals surface area contributed by atoms with Crippen molar-refractivity contribution in [3.05, 3.63) is 47.6 Å². The molecule has 3 heterocycles. The number of hydrogen-bond acceptors (Lipinski definition) is 5. The van der Waals surface area contributed by atoms with Gasteiger partial charge in [-0.1, -0.05) is 35.5 Å². The van der Waals surface area contributed by atoms with Gasteiger partial charge in [-0.2, -0.15) is 4.98 Å². The number of aryl methyl sites for hydroxylation is 1. The molecule has 8 nitrogen and oxygen atoms in total. The molecule has 1 N–H and O–H groups in total. The molecule has 0 bridgehead atoms. The predicted octanol–water partition coefficient (Wildman–Crippen LogP) is 1.71. The summed E-state index contributed by atoms with van der Waals surface area (Å²) in [5, 5.41) is 6.55. The molecule has 2 atom stereocenters. The molecule has 0 radical (unpaired) electrons. The van der Waals surface area contributed by atoms with Crippen LogP contribution in [0, 0.1) is 6.92 Å². The van der Waals surface area contributed by atoms with Gasteiger partial charge in [-0.15, -0.1) is 0 Å². The van der Waals surface area contributed by atoms with Crippen LogP contribution < -0.4 is 5.32 Å². The second kappa shape index (κ2) is 6.19. The number of nitrogens with one attached hydrogen (secondary N) is 1. The summed E-state index contributed by atoms with van der Waals surface area (Å²) in [4.78, 5) is 31.9. The molecular formula is C17H19N5O3. The average Bonchev–Trinajstić information content (AvgIpc) is 3.34. The van der Waals surface area contributed by atoms with Crippen molar-refractivity contribution in [3.8, 4) is 0 Å². The van der Waals surface area contributed by atoms with Crippen molar-refractivity contribution < 1.29 is 14.1 Å². The number of aromatic nitrogens is 2. The van der Waals surface area contributed by atoms with Gasteiger partial charge in [0, 0.05) is 32.1 Å². The molecule has 2 fully saturated rings. The van der Waals surface area contributed by atoms with Crippen LogP contribution in [0.25, 0.3) is 0 Å². The van der Waals surface area contributed by atoms with Gasteiger partial charge in [0.05, 0.1) is 5.92 Å². The van der Waals surface area contributed by atoms with Crippen LogP contribution in [-0.4, -0.2) is 58.2 Å². The van der Waals surface area contributed by atoms with Crippen LogP contribution in [0.4, 0.5) is 9.59 Å². The molecule has 2 saturated heterocycles. The van der Waals surface area contributed by atoms with Gasteiger partial charge in [-0.05, 0) is 12.5 Å². The van der Waals surface area contributed by atoms with Crippen molar-refractivity contribution in [1.82, 2.24) is 25.3 Å². The summed E-state index contributed by atoms with van der Waals surface area (Å²) in [5.41, 5.74) is 1.12. The van der Waals surface area contributed by atoms with Gasteiger partial charge in [0.2, 0.25) is 5.89 Å². The molecule has 2 unspecified atom stereocenters. The molecule has 4 amide bonds. The summed E-state index contributed by atoms with van der Waals surface area (Å²) in [7, 11) is 0. The van der Waals surface area contributed by atoms with Crippen molar-refractivity contribution in [3.63, 3.8) is 0 Å². The Morgan fingerprint density at radius 1 is 1.24 bits per heavy atom. The summed E-state index contributed by atoms with van der Waals surface area (Å²) < 4.78 is 5.38. The molecular weight excluding hydrogens is 322 g/mol. The number of carbonyl (C=O) groups is 2. The van der Waals surface area contributed by atoms with Gasteiger partial charge in [0.15, 0.2) is 5.82 Å². The largest absolute Gasteiger partial charge is 0.339 e. The summed E-state index contributed by atoms with van der Waals surface area (Å²) in [6.07, 6.45) is 0. The third kappa shape index (κ3) is 2.84. The van der Waals surface area contributed by atoms with Gasteiger partial charge in [-0.25, -0.2) is 14.5 Å². The van der Waals surface area contributed by atoms with Crippen molar-refractivity contribution in [2.45, 2.75) is 18.8 Å². The van der Waals surface area contributed by atoms with Gasteiger partial charge in [0.25, 0.3) is 0 Å². The number of benzene rings is 1. The first-order valence-corrected chi connectivity index (χ1v) is 8.33. The predicted molar refractivity (Wildman–Crippen MR) is 88.0 cm³/mol. The molecule has 0 saturated carbocycles. The maximum Gasteiger partial charge on any atom is 0.328 e. The Kier molecular flexibility index (Phi) is 3.87. The number of nitrogens with zero attached hydrogens (tertiary/aromatic N) is 4. The molecule has 1 aromatic carbocycles. The third-order valence-electron chi connectivity index (χ3n) is 4.77. The molecule has 1 aromatic heterocycles. The van der Waals surface area contributed by atoms with E-state index in [9.17, 15) is 9.59 Å². The Balaban J connectivity index is 1.62. The van der Waals surface area contributed by atoms with Gasteiger partial charge in [-0.3, -0.25) is 0 Å². The van der Waals surface area contributed by atoms with Crippen molar-refractivity contribution >= 4 is 12.1 Å². The molecule has 2 aliphatic rings. The van der Waals surface area contributed by atoms with Crippen molar-refractivity contribution in [1.29, 1.82) is 0 Å². The van der Waals surface area contributed by atoms with Gasteiger partial charge < -0.3 is 14.7 Å². The Morgan fingerprint density at radius 2 is 2.00 bits per heavy atom. The highest BCUT2D eigenvalue weighted by Gasteiger charge is 2.42. The molecule has 0 aliphatic carbocycles. The van der Waals surface area contributed by atoms with Crippen LogP contribution in [0.2, 0.25) is 0 Å². The SMILES string of the molecule is Cc1noc(C2CN(C(=O)N3CCNC3=O)CC2c2ccccc2)n1. The Labute approximate surface area is 144 Å². The zero-order valence-corrected chi connectivity index (χ0v) is 13.9. The second-order valence-electron chi connectivity index (χ2n) is 6.37. The summed E-state index contributed by atoms with van der Waals surface area (Å²) >= 11 is 0. The lowest BCUT2D eigenvalue weighted by Gasteiger charge is -2.21. The van der Waals surface area contributed by atoms with E-state index in [0.29, 0.717) is 37.9 Å². The third-order valence-corrected chi connectivity index (χ3v) is 4.77. The highest BCUT2D eigenvalue weighted by atomic mass is 16.5. The van der Waals surface area contributed by atoms with Crippen LogP contribution >= 0.6 is 0 Å². The molecule has 8 heteroatoms. The minimum atomic E-state index is -0.335. The zero-order valence-electron chi connectivity index (χ0n) is 13.9. The molecule has 0 spiro atoms. The van der Waals surface area contributed by atoms with Crippen LogP contribution in [0.15, 0.2) is 34.9 Å². The molecule has 4 rings (SSSR count). The minimum Gasteiger partial charge on any atom is -0.339 e. The van der Waals surface area contributed by atoms with E-state index in [1.54, 1.807) is 11.8 Å². The number of likely N-dealkylation sites (tertiary alicyclic amines) is 1. The summed E-state index contributed by atoms with van der Waals surface area (Å²) in [6, 6.07) is 9.39. The first kappa shape index (κ1) is 15.6. The molecule has 25 heavy (non-hydrogen) atoms. The first-order valence-electron chi connectivity index (χ1n) is 8.33. The first-order chi connectivity index (χ1) is 12.1. The van der Waals surface area contributed by atoms with E-state index in [0.717, 1.165) is 5.56 Å². The minimum absolute atomic E-state index is 0.0515. The second-order valence-corrected chi connectivity index (χ2v) is 6.37. The van der Waals surface area contributed by atoms with E-state index in [2.05, 4.69) is 15.5 Å². The fourth-order valence-electron chi connectivity index (χ4n) is 3.54. The highest BCUT2D eigenvalue weighted by Crippen LogP contribution is 2.39. The van der Waals surface area contributed by atoms with E-state index in [1.165, 1.54) is 4.90 Å². The standard InChI is InChI=1S/C17H19N5O3/c1-11-19-15(25-20-11)14-10-21(17(24)22-8-7-18-16(22)23)9-13(14)12-5-3-2-4-6-12/h2-6,13-14H,7-10H2,1H3,(H,18,23). The lowest BCUT2D eigenvalue weighted by molar-refractivity contribution is 0.171. The number of imide groups is 1. The quantitative estimate of drug-likeness (QED) is 0.898. The number of amides is 4. The van der Waals surface area contributed by atoms with Crippen molar-refractivity contribution in [2.24, 2.45) is 0 Å². The Morgan fingerprint density at radius 3 is 2.64 bits per heavy atom. The zero-order chi connectivity index (χ0) is 17.4. The fraction of sp³-hybridized carbons (Fsp3) is 0.412. The smallest absolute Gasteiger partial charge is 0.328 e. The Hall–Kier alpha value is -2.90. The fourth-order valence-corrected chi connectivity index (χ4v) is 3.54. The monoisotopic (exact) mass is 341 g/mol. The van der Waals surface area contributed by atoms with Crippen LogP contribution in [0.1, 0.15) is 29.1 Å². The number of urea groups is 2. The number of carbonyl (C=O) groups excluding carboxylic acids is 2. The van der Waals surface area contributed by atoms with Crippen molar-refractivity contribution in [2.75, 3.05) is 26.2 Å². The lowest BCUT2D eigenvalue weighted by Crippen LogP contribution is -2.43. The molecule has 2 aromatic rings. The summed E-state index contributed by atoms with van der Waals surface area (Å²) in [5.74, 6) is 1.08. The van der Waals surface area contributed by atoms with Crippen LogP contribution in [0.3, 0.4) is 0 Å². The van der Waals surface area contributed by atoms with E-state index >= 15 is 0 Å². The van der Waals surface area contributed by atoms with Gasteiger partial charge >= 0.3 is 12.1 Å². The maximum absolute atomic E-state index is 12.7. The normalized spacial score (nSPS) is 23.2. The van der Waals surface area contributed by atoms with Crippen LogP contribution in [-0.2, 0) is 0 Å². The topological polar surface area (TPSA) is 91.6 Å². The molecule has 2 aliphatic heterocycles. The van der Waals surface area contributed by atoms with E-state index in [-0.39, 0.29) is 23.9 Å². The van der Waals surface area contributed by atoms with E-state index in [1.807, 2.05) is 30.3 Å². The maximum atomic E-state index is 12.7. The average molecular weight is 341 g/mol. The summed E-state index contributed by atoms with van der Waals surface area (Å²) in [6.45, 7) is 3.63. The van der Waals surface area contributed by atoms with E-state index < -0.39 is 0 Å². The van der Waals surface area contributed by atoms with E-state index in [4.69, 9.17) is 4.52 Å². The lowest BCUT2D eigenvalue weighted by atomic mass is 9.89. The highest BCUT2D eigenvalue weighted by molar-refractivity contribution is 5.95. The number of rotatable bonds is 2.